The van der Waals surface area contributed by atoms with Gasteiger partial charge in [-0.05, 0) is 0 Å². The normalized spacial score (nSPS) is 12.2. The molecule has 0 unspecified atom stereocenters. The number of halogens is 1. The van der Waals surface area contributed by atoms with Crippen LogP contribution >= 0.6 is 17.9 Å². The first kappa shape index (κ1) is 16.2. The Morgan fingerprint density at radius 3 is 1.04 bits per heavy atom. The summed E-state index contributed by atoms with van der Waals surface area (Å²) < 4.78 is 0. The zero-order valence-corrected chi connectivity index (χ0v) is 15.6. The molecule has 0 aliphatic rings. The molecule has 0 saturated carbocycles. The van der Waals surface area contributed by atoms with Crippen LogP contribution in [-0.2, 0) is 0 Å². The molecule has 0 atom stereocenters. The molecule has 0 nitrogen and oxygen atoms in total. The summed E-state index contributed by atoms with van der Waals surface area (Å²) in [6.07, 6.45) is 0. The number of hydrogen-bond donors (Lipinski definition) is 0. The van der Waals surface area contributed by atoms with E-state index in [4.69, 9.17) is 11.2 Å². The van der Waals surface area contributed by atoms with Crippen LogP contribution in [0.3, 0.4) is 0 Å². The topological polar surface area (TPSA) is 0 Å². The summed E-state index contributed by atoms with van der Waals surface area (Å²) in [7, 11) is 0. The summed E-state index contributed by atoms with van der Waals surface area (Å²) in [6.45, 7) is 3.95. The van der Waals surface area contributed by atoms with E-state index in [1.165, 1.54) is 32.6 Å². The van der Waals surface area contributed by atoms with Crippen LogP contribution in [0, 0.1) is 20.8 Å². The predicted molar refractivity (Wildman–Crippen MR) is 107 cm³/mol. The second-order valence-electron chi connectivity index (χ2n) is 6.10. The first-order valence-corrected chi connectivity index (χ1v) is 10.9. The van der Waals surface area contributed by atoms with Crippen LogP contribution in [0.4, 0.5) is 0 Å². The van der Waals surface area contributed by atoms with Crippen molar-refractivity contribution in [1.82, 2.24) is 0 Å². The number of rotatable bonds is 3. The van der Waals surface area contributed by atoms with Gasteiger partial charge in [0.05, 0.1) is 0 Å². The molecule has 118 valence electrons. The van der Waals surface area contributed by atoms with Gasteiger partial charge in [0.1, 0.15) is 0 Å². The Morgan fingerprint density at radius 1 is 0.522 bits per heavy atom. The molecule has 0 aromatic heterocycles. The maximum absolute atomic E-state index is 7.57. The third-order valence-corrected chi connectivity index (χ3v) is 10.3. The van der Waals surface area contributed by atoms with Crippen molar-refractivity contribution in [2.45, 2.75) is 20.8 Å². The van der Waals surface area contributed by atoms with Gasteiger partial charge in [0, 0.05) is 0 Å². The van der Waals surface area contributed by atoms with Gasteiger partial charge in [-0.25, -0.2) is 0 Å². The van der Waals surface area contributed by atoms with Crippen LogP contribution in [0.25, 0.3) is 0 Å². The molecule has 3 rings (SSSR count). The Bertz CT molecular complexity index is 728. The Labute approximate surface area is 144 Å². The molecule has 0 aliphatic carbocycles. The summed E-state index contributed by atoms with van der Waals surface area (Å²) in [4.78, 5) is 0. The summed E-state index contributed by atoms with van der Waals surface area (Å²) in [5.74, 6) is 0. The fourth-order valence-corrected chi connectivity index (χ4v) is 8.95. The van der Waals surface area contributed by atoms with Crippen LogP contribution in [0.15, 0.2) is 72.8 Å². The van der Waals surface area contributed by atoms with Gasteiger partial charge in [-0.1, -0.05) is 0 Å². The standard InChI is InChI=1S/C21H22ClP/c1-16-10-4-7-13-19(16)23(22,20-14-8-5-11-17(20)2)21-15-9-6-12-18(21)3/h4-15,23H,1-3H3. The average molecular weight is 341 g/mol. The van der Waals surface area contributed by atoms with E-state index in [0.717, 1.165) is 0 Å². The van der Waals surface area contributed by atoms with E-state index in [0.29, 0.717) is 0 Å². The molecule has 23 heavy (non-hydrogen) atoms. The van der Waals surface area contributed by atoms with Crippen molar-refractivity contribution in [3.63, 3.8) is 0 Å². The van der Waals surface area contributed by atoms with E-state index in [1.807, 2.05) is 0 Å². The fourth-order valence-electron chi connectivity index (χ4n) is 3.31. The maximum atomic E-state index is 7.57. The monoisotopic (exact) mass is 340 g/mol. The molecule has 2 heteroatoms. The van der Waals surface area contributed by atoms with E-state index < -0.39 is 6.62 Å². The van der Waals surface area contributed by atoms with E-state index in [2.05, 4.69) is 93.6 Å². The van der Waals surface area contributed by atoms with Gasteiger partial charge >= 0.3 is 144 Å². The summed E-state index contributed by atoms with van der Waals surface area (Å²) in [5.41, 5.74) is 3.79. The van der Waals surface area contributed by atoms with Crippen LogP contribution in [0.1, 0.15) is 16.7 Å². The fraction of sp³-hybridized carbons (Fsp3) is 0.143. The molecule has 0 amide bonds. The van der Waals surface area contributed by atoms with Gasteiger partial charge in [-0.2, -0.15) is 0 Å². The van der Waals surface area contributed by atoms with E-state index in [9.17, 15) is 0 Å². The van der Waals surface area contributed by atoms with Crippen molar-refractivity contribution in [2.24, 2.45) is 0 Å². The molecule has 3 aromatic rings. The zero-order valence-electron chi connectivity index (χ0n) is 13.8. The quantitative estimate of drug-likeness (QED) is 0.601. The van der Waals surface area contributed by atoms with Crippen molar-refractivity contribution < 1.29 is 0 Å². The van der Waals surface area contributed by atoms with Gasteiger partial charge in [-0.15, -0.1) is 0 Å². The van der Waals surface area contributed by atoms with E-state index >= 15 is 0 Å². The number of hydrogen-bond acceptors (Lipinski definition) is 0. The molecule has 0 bridgehead atoms. The van der Waals surface area contributed by atoms with E-state index in [-0.39, 0.29) is 0 Å². The van der Waals surface area contributed by atoms with Crippen molar-refractivity contribution in [2.75, 3.05) is 0 Å². The van der Waals surface area contributed by atoms with Gasteiger partial charge < -0.3 is 0 Å². The third kappa shape index (κ3) is 2.82. The molecule has 3 aromatic carbocycles. The Morgan fingerprint density at radius 2 is 0.783 bits per heavy atom. The predicted octanol–water partition coefficient (Wildman–Crippen LogP) is 4.79. The minimum absolute atomic E-state index is 1.26. The number of benzene rings is 3. The second-order valence-corrected chi connectivity index (χ2v) is 10.7. The Balaban J connectivity index is 2.38. The van der Waals surface area contributed by atoms with Crippen molar-refractivity contribution in [3.8, 4) is 0 Å². The molecular formula is C21H22ClP. The van der Waals surface area contributed by atoms with Gasteiger partial charge in [0.2, 0.25) is 0 Å². The minimum atomic E-state index is -2.54. The molecule has 0 spiro atoms. The van der Waals surface area contributed by atoms with Crippen LogP contribution in [0.5, 0.6) is 0 Å². The van der Waals surface area contributed by atoms with Crippen LogP contribution < -0.4 is 15.9 Å². The molecule has 0 saturated heterocycles. The van der Waals surface area contributed by atoms with Crippen LogP contribution in [0.2, 0.25) is 0 Å². The molecule has 0 fully saturated rings. The first-order valence-electron chi connectivity index (χ1n) is 7.92. The van der Waals surface area contributed by atoms with Crippen molar-refractivity contribution >= 4 is 33.8 Å². The van der Waals surface area contributed by atoms with Crippen molar-refractivity contribution in [1.29, 1.82) is 0 Å². The first-order chi connectivity index (χ1) is 11.0. The zero-order chi connectivity index (χ0) is 16.4. The average Bonchev–Trinajstić information content (AvgIpc) is 2.55. The summed E-state index contributed by atoms with van der Waals surface area (Å²) >= 11 is 7.57. The van der Waals surface area contributed by atoms with Gasteiger partial charge in [-0.3, -0.25) is 0 Å². The Hall–Kier alpha value is -1.62. The van der Waals surface area contributed by atoms with E-state index in [1.54, 1.807) is 0 Å². The van der Waals surface area contributed by atoms with Gasteiger partial charge in [0.15, 0.2) is 0 Å². The van der Waals surface area contributed by atoms with Crippen LogP contribution in [-0.4, -0.2) is 0 Å². The van der Waals surface area contributed by atoms with Gasteiger partial charge in [0.25, 0.3) is 0 Å². The third-order valence-electron chi connectivity index (χ3n) is 4.55. The molecular weight excluding hydrogens is 319 g/mol. The molecule has 0 heterocycles. The molecule has 0 radical (unpaired) electrons. The Kier molecular flexibility index (Phi) is 4.57. The number of aryl methyl sites for hydroxylation is 3. The van der Waals surface area contributed by atoms with Crippen molar-refractivity contribution in [3.05, 3.63) is 89.5 Å². The molecule has 0 N–H and O–H groups in total. The summed E-state index contributed by atoms with van der Waals surface area (Å²) in [6, 6.07) is 25.6. The molecule has 0 aliphatic heterocycles. The second kappa shape index (κ2) is 6.48. The SMILES string of the molecule is Cc1ccccc1[PH](Cl)(c1ccccc1C)c1ccccc1C. The summed E-state index contributed by atoms with van der Waals surface area (Å²) in [5, 5.41) is 3.85.